The van der Waals surface area contributed by atoms with Crippen molar-refractivity contribution in [2.24, 2.45) is 0 Å². The van der Waals surface area contributed by atoms with E-state index in [1.807, 2.05) is 24.3 Å². The van der Waals surface area contributed by atoms with Gasteiger partial charge >= 0.3 is 0 Å². The summed E-state index contributed by atoms with van der Waals surface area (Å²) in [6.45, 7) is 1.37. The van der Waals surface area contributed by atoms with Crippen LogP contribution >= 0.6 is 11.6 Å². The summed E-state index contributed by atoms with van der Waals surface area (Å²) in [5.41, 5.74) is 5.39. The zero-order valence-electron chi connectivity index (χ0n) is 23.8. The number of carbonyl (C=O) groups is 1. The Bertz CT molecular complexity index is 2010. The highest BCUT2D eigenvalue weighted by Gasteiger charge is 2.58. The Morgan fingerprint density at radius 2 is 1.30 bits per heavy atom. The number of amides is 1. The fourth-order valence-corrected chi connectivity index (χ4v) is 7.95. The fourth-order valence-electron chi connectivity index (χ4n) is 7.74. The molecule has 4 heteroatoms. The van der Waals surface area contributed by atoms with Crippen LogP contribution in [0.25, 0.3) is 21.5 Å². The molecule has 0 saturated carbocycles. The van der Waals surface area contributed by atoms with E-state index < -0.39 is 0 Å². The van der Waals surface area contributed by atoms with Gasteiger partial charge < -0.3 is 9.80 Å². The molecule has 1 amide bonds. The van der Waals surface area contributed by atoms with Gasteiger partial charge in [0, 0.05) is 24.2 Å². The molecule has 2 aliphatic rings. The number of para-hydroxylation sites is 1. The molecule has 2 atom stereocenters. The molecule has 6 aromatic rings. The highest BCUT2D eigenvalue weighted by Crippen LogP contribution is 2.55. The van der Waals surface area contributed by atoms with E-state index in [0.717, 1.165) is 12.8 Å². The maximum Gasteiger partial charge on any atom is 0.257 e. The molecule has 0 aromatic heterocycles. The van der Waals surface area contributed by atoms with E-state index in [1.165, 1.54) is 43.9 Å². The molecule has 8 rings (SSSR count). The Morgan fingerprint density at radius 1 is 0.698 bits per heavy atom. The lowest BCUT2D eigenvalue weighted by atomic mass is 9.73. The average Bonchev–Trinajstić information content (AvgIpc) is 3.54. The third-order valence-electron chi connectivity index (χ3n) is 9.60. The van der Waals surface area contributed by atoms with Crippen LogP contribution in [0.1, 0.15) is 33.5 Å². The summed E-state index contributed by atoms with van der Waals surface area (Å²) >= 11 is 6.63. The summed E-state index contributed by atoms with van der Waals surface area (Å²) in [4.78, 5) is 19.0. The monoisotopic (exact) mass is 578 g/mol. The molecule has 1 fully saturated rings. The second-order valence-corrected chi connectivity index (χ2v) is 12.3. The summed E-state index contributed by atoms with van der Waals surface area (Å²) in [5, 5.41) is 5.49. The number of rotatable bonds is 5. The van der Waals surface area contributed by atoms with Crippen LogP contribution in [-0.4, -0.2) is 23.5 Å². The summed E-state index contributed by atoms with van der Waals surface area (Å²) < 4.78 is 0. The number of anilines is 1. The molecule has 2 unspecified atom stereocenters. The predicted molar refractivity (Wildman–Crippen MR) is 177 cm³/mol. The molecule has 0 aliphatic carbocycles. The van der Waals surface area contributed by atoms with E-state index >= 15 is 0 Å². The minimum atomic E-state index is -0.276. The standard InChI is InChI=1S/C39H31ClN2O/c40-35-21-7-5-19-33(35)37(43)41-24-23-39(25-29-15-9-13-27-11-1-3-17-31(27)29)34-20-6-8-22-36(34)42(38(39)41)26-30-16-10-14-28-12-2-4-18-32(28)30/h1-22,38H,23-26H2. The number of hydrogen-bond donors (Lipinski definition) is 0. The number of likely N-dealkylation sites (tertiary alicyclic amines) is 1. The zero-order valence-corrected chi connectivity index (χ0v) is 24.5. The van der Waals surface area contributed by atoms with Crippen molar-refractivity contribution in [1.29, 1.82) is 0 Å². The van der Waals surface area contributed by atoms with Crippen LogP contribution in [0.15, 0.2) is 133 Å². The summed E-state index contributed by atoms with van der Waals surface area (Å²) in [6.07, 6.45) is 1.56. The molecular weight excluding hydrogens is 548 g/mol. The van der Waals surface area contributed by atoms with Crippen molar-refractivity contribution in [3.05, 3.63) is 161 Å². The number of nitrogens with zero attached hydrogens (tertiary/aromatic N) is 2. The third-order valence-corrected chi connectivity index (χ3v) is 9.93. The molecule has 2 aliphatic heterocycles. The van der Waals surface area contributed by atoms with E-state index in [9.17, 15) is 4.79 Å². The molecule has 210 valence electrons. The molecule has 1 saturated heterocycles. The van der Waals surface area contributed by atoms with E-state index in [1.54, 1.807) is 0 Å². The van der Waals surface area contributed by atoms with Gasteiger partial charge in [0.15, 0.2) is 0 Å². The molecule has 3 nitrogen and oxygen atoms in total. The highest BCUT2D eigenvalue weighted by atomic mass is 35.5. The number of fused-ring (bicyclic) bond motifs is 5. The topological polar surface area (TPSA) is 23.6 Å². The first-order valence-electron chi connectivity index (χ1n) is 15.0. The van der Waals surface area contributed by atoms with Gasteiger partial charge in [-0.2, -0.15) is 0 Å². The van der Waals surface area contributed by atoms with Gasteiger partial charge in [-0.1, -0.05) is 127 Å². The smallest absolute Gasteiger partial charge is 0.257 e. The normalized spacial score (nSPS) is 19.1. The highest BCUT2D eigenvalue weighted by molar-refractivity contribution is 6.33. The van der Waals surface area contributed by atoms with Gasteiger partial charge in [-0.15, -0.1) is 0 Å². The van der Waals surface area contributed by atoms with Crippen LogP contribution < -0.4 is 4.90 Å². The number of hydrogen-bond acceptors (Lipinski definition) is 2. The Kier molecular flexibility index (Phi) is 6.24. The van der Waals surface area contributed by atoms with Gasteiger partial charge in [-0.05, 0) is 69.3 Å². The zero-order chi connectivity index (χ0) is 29.0. The number of carbonyl (C=O) groups excluding carboxylic acids is 1. The van der Waals surface area contributed by atoms with Crippen molar-refractivity contribution < 1.29 is 4.79 Å². The first kappa shape index (κ1) is 26.1. The average molecular weight is 579 g/mol. The van der Waals surface area contributed by atoms with Gasteiger partial charge in [0.2, 0.25) is 0 Å². The van der Waals surface area contributed by atoms with Crippen molar-refractivity contribution >= 4 is 44.7 Å². The van der Waals surface area contributed by atoms with Gasteiger partial charge in [-0.25, -0.2) is 0 Å². The minimum absolute atomic E-state index is 0.00822. The first-order chi connectivity index (χ1) is 21.1. The maximum atomic E-state index is 14.4. The van der Waals surface area contributed by atoms with Crippen LogP contribution in [0.4, 0.5) is 5.69 Å². The Morgan fingerprint density at radius 3 is 2.07 bits per heavy atom. The van der Waals surface area contributed by atoms with Crippen molar-refractivity contribution in [3.8, 4) is 0 Å². The van der Waals surface area contributed by atoms with E-state index in [4.69, 9.17) is 11.6 Å². The fraction of sp³-hybridized carbons (Fsp3) is 0.154. The lowest BCUT2D eigenvalue weighted by Gasteiger charge is -2.39. The third kappa shape index (κ3) is 4.14. The van der Waals surface area contributed by atoms with E-state index in [2.05, 4.69) is 119 Å². The molecule has 0 N–H and O–H groups in total. The quantitative estimate of drug-likeness (QED) is 0.204. The second-order valence-electron chi connectivity index (χ2n) is 11.9. The summed E-state index contributed by atoms with van der Waals surface area (Å²) in [5.74, 6) is -0.00822. The minimum Gasteiger partial charge on any atom is -0.346 e. The van der Waals surface area contributed by atoms with Crippen LogP contribution in [0.2, 0.25) is 5.02 Å². The largest absolute Gasteiger partial charge is 0.346 e. The SMILES string of the molecule is O=C(c1ccccc1Cl)N1CCC2(Cc3cccc4ccccc34)c3ccccc3N(Cc3cccc4ccccc34)C12. The lowest BCUT2D eigenvalue weighted by Crippen LogP contribution is -2.52. The van der Waals surface area contributed by atoms with Crippen LogP contribution in [0, 0.1) is 0 Å². The predicted octanol–water partition coefficient (Wildman–Crippen LogP) is 9.02. The molecule has 2 heterocycles. The number of benzene rings is 6. The van der Waals surface area contributed by atoms with Gasteiger partial charge in [0.1, 0.15) is 6.17 Å². The van der Waals surface area contributed by atoms with E-state index in [-0.39, 0.29) is 17.5 Å². The molecule has 0 spiro atoms. The van der Waals surface area contributed by atoms with Crippen LogP contribution in [0.3, 0.4) is 0 Å². The van der Waals surface area contributed by atoms with E-state index in [0.29, 0.717) is 23.7 Å². The molecule has 0 radical (unpaired) electrons. The first-order valence-corrected chi connectivity index (χ1v) is 15.4. The lowest BCUT2D eigenvalue weighted by molar-refractivity contribution is 0.0709. The van der Waals surface area contributed by atoms with Gasteiger partial charge in [-0.3, -0.25) is 4.79 Å². The molecule has 6 aromatic carbocycles. The van der Waals surface area contributed by atoms with Crippen LogP contribution in [0.5, 0.6) is 0 Å². The second kappa shape index (κ2) is 10.3. The van der Waals surface area contributed by atoms with Crippen molar-refractivity contribution in [3.63, 3.8) is 0 Å². The summed E-state index contributed by atoms with van der Waals surface area (Å²) in [7, 11) is 0. The molecule has 0 bridgehead atoms. The molecule has 43 heavy (non-hydrogen) atoms. The van der Waals surface area contributed by atoms with Crippen molar-refractivity contribution in [1.82, 2.24) is 4.90 Å². The summed E-state index contributed by atoms with van der Waals surface area (Å²) in [6, 6.07) is 46.6. The Balaban J connectivity index is 1.31. The van der Waals surface area contributed by atoms with Crippen molar-refractivity contribution in [2.75, 3.05) is 11.4 Å². The maximum absolute atomic E-state index is 14.4. The Labute approximate surface area is 256 Å². The van der Waals surface area contributed by atoms with Crippen molar-refractivity contribution in [2.45, 2.75) is 31.0 Å². The molecular formula is C39H31ClN2O. The van der Waals surface area contributed by atoms with Gasteiger partial charge in [0.25, 0.3) is 5.91 Å². The Hall–Kier alpha value is -4.60. The number of halogens is 1. The van der Waals surface area contributed by atoms with Gasteiger partial charge in [0.05, 0.1) is 10.6 Å². The van der Waals surface area contributed by atoms with Crippen LogP contribution in [-0.2, 0) is 18.4 Å².